The largest absolute Gasteiger partial charge is 0.481 e. The van der Waals surface area contributed by atoms with Crippen molar-refractivity contribution in [3.63, 3.8) is 0 Å². The van der Waals surface area contributed by atoms with Crippen LogP contribution in [-0.2, 0) is 4.79 Å². The van der Waals surface area contributed by atoms with Crippen LogP contribution in [0.4, 0.5) is 0 Å². The Hall–Kier alpha value is -1.13. The van der Waals surface area contributed by atoms with E-state index < -0.39 is 18.0 Å². The van der Waals surface area contributed by atoms with Crippen molar-refractivity contribution >= 4 is 5.97 Å². The highest BCUT2D eigenvalue weighted by Crippen LogP contribution is 2.72. The molecule has 4 heteroatoms. The van der Waals surface area contributed by atoms with Crippen LogP contribution in [0.5, 0.6) is 0 Å². The SMILES string of the molecule is C=C(CC[C@@H](C(=O)O)C1C[C@H](O)[C@@]2(C)C3=C(CC[C@]12C)[C@@]1(C)CC[C@@H](O)C(C)(C)C1CC3)C(C)C. The molecule has 0 aliphatic heterocycles. The zero-order valence-electron chi connectivity index (χ0n) is 23.3. The van der Waals surface area contributed by atoms with Gasteiger partial charge in [-0.3, -0.25) is 4.79 Å². The molecule has 8 atom stereocenters. The predicted molar refractivity (Wildman–Crippen MR) is 141 cm³/mol. The standard InChI is InChI=1S/C31H50O4/c1-18(2)19(3)9-10-20(27(34)35)23-17-26(33)31(8)22-11-12-24-28(4,5)25(32)14-15-29(24,6)21(22)13-16-30(23,31)7/h18,20,23-26,32-33H,3,9-17H2,1-2,4-8H3,(H,34,35)/t20-,23?,24?,25-,26+,29-,30-,31-/m1/s1. The zero-order valence-corrected chi connectivity index (χ0v) is 23.3. The molecular formula is C31H50O4. The summed E-state index contributed by atoms with van der Waals surface area (Å²) in [5, 5.41) is 32.8. The van der Waals surface area contributed by atoms with Gasteiger partial charge < -0.3 is 15.3 Å². The third kappa shape index (κ3) is 3.71. The summed E-state index contributed by atoms with van der Waals surface area (Å²) in [6.07, 6.45) is 6.90. The van der Waals surface area contributed by atoms with Crippen molar-refractivity contribution < 1.29 is 20.1 Å². The molecule has 0 aromatic carbocycles. The Morgan fingerprint density at radius 2 is 1.66 bits per heavy atom. The van der Waals surface area contributed by atoms with Crippen molar-refractivity contribution in [1.82, 2.24) is 0 Å². The molecule has 3 N–H and O–H groups in total. The smallest absolute Gasteiger partial charge is 0.306 e. The minimum absolute atomic E-state index is 0.0378. The fourth-order valence-electron chi connectivity index (χ4n) is 9.49. The van der Waals surface area contributed by atoms with E-state index in [1.165, 1.54) is 11.1 Å². The van der Waals surface area contributed by atoms with E-state index in [-0.39, 0.29) is 33.7 Å². The Bertz CT molecular complexity index is 915. The molecular weight excluding hydrogens is 436 g/mol. The van der Waals surface area contributed by atoms with Crippen LogP contribution < -0.4 is 0 Å². The molecule has 4 rings (SSSR count). The summed E-state index contributed by atoms with van der Waals surface area (Å²) in [6, 6.07) is 0. The third-order valence-electron chi connectivity index (χ3n) is 12.3. The van der Waals surface area contributed by atoms with E-state index in [2.05, 4.69) is 55.0 Å². The van der Waals surface area contributed by atoms with Crippen LogP contribution in [0.1, 0.15) is 106 Å². The van der Waals surface area contributed by atoms with Crippen molar-refractivity contribution in [2.45, 2.75) is 118 Å². The molecule has 2 fully saturated rings. The molecule has 0 heterocycles. The van der Waals surface area contributed by atoms with Gasteiger partial charge in [-0.25, -0.2) is 0 Å². The van der Waals surface area contributed by atoms with Gasteiger partial charge in [-0.15, -0.1) is 0 Å². The number of fused-ring (bicyclic) bond motifs is 4. The molecule has 4 aliphatic carbocycles. The molecule has 2 saturated carbocycles. The lowest BCUT2D eigenvalue weighted by atomic mass is 9.43. The second kappa shape index (κ2) is 8.72. The van der Waals surface area contributed by atoms with Gasteiger partial charge in [0.2, 0.25) is 0 Å². The molecule has 0 radical (unpaired) electrons. The van der Waals surface area contributed by atoms with Crippen molar-refractivity contribution in [1.29, 1.82) is 0 Å². The number of carboxylic acids is 1. The molecule has 198 valence electrons. The van der Waals surface area contributed by atoms with Gasteiger partial charge in [-0.2, -0.15) is 0 Å². The monoisotopic (exact) mass is 486 g/mol. The first-order valence-corrected chi connectivity index (χ1v) is 14.1. The van der Waals surface area contributed by atoms with Crippen LogP contribution in [0.15, 0.2) is 23.3 Å². The molecule has 4 aliphatic rings. The normalized spacial score (nSPS) is 43.4. The minimum Gasteiger partial charge on any atom is -0.481 e. The van der Waals surface area contributed by atoms with Gasteiger partial charge >= 0.3 is 5.97 Å². The number of hydrogen-bond donors (Lipinski definition) is 3. The van der Waals surface area contributed by atoms with Crippen LogP contribution >= 0.6 is 0 Å². The van der Waals surface area contributed by atoms with Crippen molar-refractivity contribution in [2.75, 3.05) is 0 Å². The fourth-order valence-corrected chi connectivity index (χ4v) is 9.49. The Balaban J connectivity index is 1.72. The molecule has 35 heavy (non-hydrogen) atoms. The van der Waals surface area contributed by atoms with Crippen LogP contribution in [0.2, 0.25) is 0 Å². The van der Waals surface area contributed by atoms with Gasteiger partial charge in [0.25, 0.3) is 0 Å². The molecule has 0 amide bonds. The van der Waals surface area contributed by atoms with Gasteiger partial charge in [0.15, 0.2) is 0 Å². The van der Waals surface area contributed by atoms with Gasteiger partial charge in [0.1, 0.15) is 0 Å². The lowest BCUT2D eigenvalue weighted by molar-refractivity contribution is -0.147. The Labute approximate surface area is 213 Å². The number of rotatable bonds is 6. The summed E-state index contributed by atoms with van der Waals surface area (Å²) < 4.78 is 0. The Morgan fingerprint density at radius 1 is 1.00 bits per heavy atom. The zero-order chi connectivity index (χ0) is 26.1. The topological polar surface area (TPSA) is 77.8 Å². The number of aliphatic carboxylic acids is 1. The molecule has 0 aromatic rings. The molecule has 0 spiro atoms. The maximum atomic E-state index is 12.6. The summed E-state index contributed by atoms with van der Waals surface area (Å²) in [4.78, 5) is 12.6. The molecule has 0 saturated heterocycles. The average Bonchev–Trinajstić information content (AvgIpc) is 2.98. The first-order valence-electron chi connectivity index (χ1n) is 14.1. The predicted octanol–water partition coefficient (Wildman–Crippen LogP) is 6.76. The van der Waals surface area contributed by atoms with Crippen LogP contribution in [0, 0.1) is 45.3 Å². The molecule has 4 nitrogen and oxygen atoms in total. The summed E-state index contributed by atoms with van der Waals surface area (Å²) in [5.41, 5.74) is 3.40. The summed E-state index contributed by atoms with van der Waals surface area (Å²) >= 11 is 0. The van der Waals surface area contributed by atoms with Crippen LogP contribution in [-0.4, -0.2) is 33.5 Å². The average molecular weight is 487 g/mol. The third-order valence-corrected chi connectivity index (χ3v) is 12.3. The van der Waals surface area contributed by atoms with E-state index in [1.807, 2.05) is 0 Å². The molecule has 0 bridgehead atoms. The lowest BCUT2D eigenvalue weighted by Gasteiger charge is -2.62. The van der Waals surface area contributed by atoms with Crippen LogP contribution in [0.3, 0.4) is 0 Å². The first kappa shape index (κ1) is 26.9. The van der Waals surface area contributed by atoms with Gasteiger partial charge in [-0.05, 0) is 91.8 Å². The number of hydrogen-bond acceptors (Lipinski definition) is 3. The Kier molecular flexibility index (Phi) is 6.71. The van der Waals surface area contributed by atoms with Gasteiger partial charge in [-0.1, -0.05) is 71.8 Å². The van der Waals surface area contributed by atoms with Crippen molar-refractivity contribution in [2.24, 2.45) is 45.3 Å². The highest BCUT2D eigenvalue weighted by Gasteiger charge is 2.67. The number of aliphatic hydroxyl groups excluding tert-OH is 2. The van der Waals surface area contributed by atoms with E-state index >= 15 is 0 Å². The van der Waals surface area contributed by atoms with Crippen molar-refractivity contribution in [3.8, 4) is 0 Å². The summed E-state index contributed by atoms with van der Waals surface area (Å²) in [5.74, 6) is -0.415. The lowest BCUT2D eigenvalue weighted by Crippen LogP contribution is -2.56. The summed E-state index contributed by atoms with van der Waals surface area (Å²) in [7, 11) is 0. The summed E-state index contributed by atoms with van der Waals surface area (Å²) in [6.45, 7) is 19.9. The number of carboxylic acid groups (broad SMARTS) is 1. The molecule has 0 aromatic heterocycles. The van der Waals surface area contributed by atoms with E-state index in [0.717, 1.165) is 50.5 Å². The number of carbonyl (C=O) groups is 1. The highest BCUT2D eigenvalue weighted by atomic mass is 16.4. The molecule has 2 unspecified atom stereocenters. The van der Waals surface area contributed by atoms with E-state index in [1.54, 1.807) is 0 Å². The Morgan fingerprint density at radius 3 is 2.26 bits per heavy atom. The highest BCUT2D eigenvalue weighted by molar-refractivity contribution is 5.71. The van der Waals surface area contributed by atoms with E-state index in [4.69, 9.17) is 0 Å². The van der Waals surface area contributed by atoms with Gasteiger partial charge in [0, 0.05) is 5.41 Å². The second-order valence-corrected chi connectivity index (χ2v) is 14.1. The maximum absolute atomic E-state index is 12.6. The fraction of sp³-hybridized carbons (Fsp3) is 0.839. The number of allylic oxidation sites excluding steroid dienone is 2. The van der Waals surface area contributed by atoms with E-state index in [9.17, 15) is 20.1 Å². The maximum Gasteiger partial charge on any atom is 0.306 e. The first-order chi connectivity index (χ1) is 16.1. The quantitative estimate of drug-likeness (QED) is 0.362. The minimum atomic E-state index is -0.720. The number of aliphatic hydroxyl groups is 2. The van der Waals surface area contributed by atoms with Gasteiger partial charge in [0.05, 0.1) is 18.1 Å². The second-order valence-electron chi connectivity index (χ2n) is 14.1. The van der Waals surface area contributed by atoms with Crippen molar-refractivity contribution in [3.05, 3.63) is 23.3 Å². The van der Waals surface area contributed by atoms with E-state index in [0.29, 0.717) is 24.7 Å². The van der Waals surface area contributed by atoms with Crippen LogP contribution in [0.25, 0.3) is 0 Å².